The zero-order chi connectivity index (χ0) is 25.8. The van der Waals surface area contributed by atoms with Gasteiger partial charge in [-0.25, -0.2) is 0 Å². The highest BCUT2D eigenvalue weighted by atomic mass is 32.2. The number of furan rings is 1. The van der Waals surface area contributed by atoms with Gasteiger partial charge in [-0.15, -0.1) is 23.1 Å². The second-order valence-corrected chi connectivity index (χ2v) is 11.9. The van der Waals surface area contributed by atoms with Crippen molar-refractivity contribution in [2.75, 3.05) is 24.7 Å². The van der Waals surface area contributed by atoms with Gasteiger partial charge in [0.05, 0.1) is 12.3 Å². The Hall–Kier alpha value is -2.80. The Balaban J connectivity index is 1.44. The average Bonchev–Trinajstić information content (AvgIpc) is 3.56. The highest BCUT2D eigenvalue weighted by molar-refractivity contribution is 7.98. The predicted octanol–water partition coefficient (Wildman–Crippen LogP) is 7.98. The number of carbonyl (C=O) groups excluding carboxylic acids is 1. The molecule has 1 amide bonds. The minimum absolute atomic E-state index is 0.0884. The summed E-state index contributed by atoms with van der Waals surface area (Å²) >= 11 is 3.42. The molecule has 37 heavy (non-hydrogen) atoms. The minimum Gasteiger partial charge on any atom is -0.459 e. The number of thioether (sulfide) groups is 1. The molecule has 4 nitrogen and oxygen atoms in total. The Morgan fingerprint density at radius 3 is 2.43 bits per heavy atom. The smallest absolute Gasteiger partial charge is 0.291 e. The van der Waals surface area contributed by atoms with Gasteiger partial charge in [0.15, 0.2) is 5.76 Å². The van der Waals surface area contributed by atoms with Crippen molar-refractivity contribution in [1.82, 2.24) is 4.90 Å². The molecule has 5 rings (SSSR count). The number of carbonyl (C=O) groups is 1. The van der Waals surface area contributed by atoms with E-state index in [4.69, 9.17) is 4.42 Å². The summed E-state index contributed by atoms with van der Waals surface area (Å²) < 4.78 is 5.37. The molecule has 6 heteroatoms. The van der Waals surface area contributed by atoms with Crippen LogP contribution in [0.15, 0.2) is 82.3 Å². The van der Waals surface area contributed by atoms with Crippen LogP contribution in [0.4, 0.5) is 5.00 Å². The number of hydrogen-bond donors (Lipinski definition) is 1. The number of piperidine rings is 1. The first-order valence-corrected chi connectivity index (χ1v) is 14.9. The van der Waals surface area contributed by atoms with Gasteiger partial charge in [0.1, 0.15) is 5.00 Å². The van der Waals surface area contributed by atoms with Crippen LogP contribution in [0.25, 0.3) is 0 Å². The standard InChI is InChI=1S/C31H34N2O2S2/c1-21-22(2)37-31(32-30(34)27-10-7-19-35-27)28(21)29(25-11-13-26(36-3)14-12-25)33-17-15-24(16-18-33)20-23-8-5-4-6-9-23/h4-14,19,24,29H,15-18,20H2,1-3H3,(H,32,34). The summed E-state index contributed by atoms with van der Waals surface area (Å²) in [6.07, 6.45) is 7.13. The van der Waals surface area contributed by atoms with Gasteiger partial charge in [-0.2, -0.15) is 0 Å². The van der Waals surface area contributed by atoms with Gasteiger partial charge in [-0.05, 0) is 99.3 Å². The molecule has 0 bridgehead atoms. The van der Waals surface area contributed by atoms with Crippen LogP contribution in [-0.2, 0) is 6.42 Å². The fraction of sp³-hybridized carbons (Fsp3) is 0.323. The highest BCUT2D eigenvalue weighted by Gasteiger charge is 2.32. The van der Waals surface area contributed by atoms with Crippen molar-refractivity contribution in [2.24, 2.45) is 5.92 Å². The molecule has 2 aromatic carbocycles. The monoisotopic (exact) mass is 530 g/mol. The number of hydrogen-bond acceptors (Lipinski definition) is 5. The van der Waals surface area contributed by atoms with Crippen LogP contribution in [-0.4, -0.2) is 30.2 Å². The van der Waals surface area contributed by atoms with E-state index in [0.717, 1.165) is 24.5 Å². The Morgan fingerprint density at radius 1 is 1.05 bits per heavy atom. The molecule has 0 aliphatic carbocycles. The Bertz CT molecular complexity index is 1310. The van der Waals surface area contributed by atoms with Crippen LogP contribution in [0.3, 0.4) is 0 Å². The van der Waals surface area contributed by atoms with E-state index in [1.165, 1.54) is 51.1 Å². The molecule has 3 heterocycles. The molecule has 1 aliphatic heterocycles. The Labute approximate surface area is 228 Å². The predicted molar refractivity (Wildman–Crippen MR) is 155 cm³/mol. The third kappa shape index (κ3) is 5.87. The van der Waals surface area contributed by atoms with Crippen molar-refractivity contribution < 1.29 is 9.21 Å². The molecule has 1 unspecified atom stereocenters. The fourth-order valence-corrected chi connectivity index (χ4v) is 6.84. The topological polar surface area (TPSA) is 45.5 Å². The van der Waals surface area contributed by atoms with E-state index in [1.807, 2.05) is 0 Å². The van der Waals surface area contributed by atoms with Crippen molar-refractivity contribution in [3.05, 3.63) is 106 Å². The van der Waals surface area contributed by atoms with Crippen molar-refractivity contribution in [1.29, 1.82) is 0 Å². The Kier molecular flexibility index (Phi) is 8.18. The summed E-state index contributed by atoms with van der Waals surface area (Å²) in [7, 11) is 0. The first-order chi connectivity index (χ1) is 18.0. The number of likely N-dealkylation sites (tertiary alicyclic amines) is 1. The molecule has 0 radical (unpaired) electrons. The quantitative estimate of drug-likeness (QED) is 0.235. The molecule has 192 valence electrons. The summed E-state index contributed by atoms with van der Waals surface area (Å²) in [5, 5.41) is 4.10. The molecule has 1 atom stereocenters. The van der Waals surface area contributed by atoms with E-state index < -0.39 is 0 Å². The Morgan fingerprint density at radius 2 is 1.78 bits per heavy atom. The van der Waals surface area contributed by atoms with Crippen molar-refractivity contribution in [3.8, 4) is 0 Å². The lowest BCUT2D eigenvalue weighted by Crippen LogP contribution is -2.38. The van der Waals surface area contributed by atoms with E-state index in [1.54, 1.807) is 35.2 Å². The molecule has 1 fully saturated rings. The van der Waals surface area contributed by atoms with E-state index >= 15 is 0 Å². The van der Waals surface area contributed by atoms with Gasteiger partial charge in [0.25, 0.3) is 5.91 Å². The summed E-state index contributed by atoms with van der Waals surface area (Å²) in [6.45, 7) is 6.40. The first kappa shape index (κ1) is 25.8. The second-order valence-electron chi connectivity index (χ2n) is 9.80. The number of anilines is 1. The lowest BCUT2D eigenvalue weighted by Gasteiger charge is -2.38. The average molecular weight is 531 g/mol. The lowest BCUT2D eigenvalue weighted by atomic mass is 9.87. The largest absolute Gasteiger partial charge is 0.459 e. The van der Waals surface area contributed by atoms with Crippen LogP contribution in [0.2, 0.25) is 0 Å². The highest BCUT2D eigenvalue weighted by Crippen LogP contribution is 2.44. The zero-order valence-corrected chi connectivity index (χ0v) is 23.3. The summed E-state index contributed by atoms with van der Waals surface area (Å²) in [4.78, 5) is 18.1. The first-order valence-electron chi connectivity index (χ1n) is 12.9. The molecule has 4 aromatic rings. The van der Waals surface area contributed by atoms with Gasteiger partial charge in [0, 0.05) is 15.3 Å². The van der Waals surface area contributed by atoms with E-state index in [2.05, 4.69) is 84.9 Å². The molecule has 1 aliphatic rings. The van der Waals surface area contributed by atoms with E-state index in [-0.39, 0.29) is 11.9 Å². The third-order valence-corrected chi connectivity index (χ3v) is 9.37. The number of rotatable bonds is 8. The number of benzene rings is 2. The van der Waals surface area contributed by atoms with Gasteiger partial charge in [0.2, 0.25) is 0 Å². The molecule has 0 spiro atoms. The maximum atomic E-state index is 13.0. The summed E-state index contributed by atoms with van der Waals surface area (Å²) in [5.41, 5.74) is 5.16. The molecule has 1 saturated heterocycles. The number of nitrogens with one attached hydrogen (secondary N) is 1. The number of aryl methyl sites for hydroxylation is 1. The molecule has 0 saturated carbocycles. The summed E-state index contributed by atoms with van der Waals surface area (Å²) in [6, 6.07) is 23.3. The number of amides is 1. The van der Waals surface area contributed by atoms with Gasteiger partial charge >= 0.3 is 0 Å². The van der Waals surface area contributed by atoms with Crippen LogP contribution in [0.1, 0.15) is 56.6 Å². The minimum atomic E-state index is -0.203. The number of thiophene rings is 1. The molecule has 2 aromatic heterocycles. The second kappa shape index (κ2) is 11.7. The maximum absolute atomic E-state index is 13.0. The molecular formula is C31H34N2O2S2. The van der Waals surface area contributed by atoms with Crippen molar-refractivity contribution in [2.45, 2.75) is 44.0 Å². The SMILES string of the molecule is CSc1ccc(C(c2c(NC(=O)c3ccco3)sc(C)c2C)N2CCC(Cc3ccccc3)CC2)cc1. The molecular weight excluding hydrogens is 496 g/mol. The van der Waals surface area contributed by atoms with Crippen LogP contribution in [0.5, 0.6) is 0 Å². The fourth-order valence-electron chi connectivity index (χ4n) is 5.35. The third-order valence-electron chi connectivity index (χ3n) is 7.49. The van der Waals surface area contributed by atoms with Gasteiger partial charge in [-0.1, -0.05) is 42.5 Å². The van der Waals surface area contributed by atoms with E-state index in [9.17, 15) is 4.79 Å². The maximum Gasteiger partial charge on any atom is 0.291 e. The van der Waals surface area contributed by atoms with Gasteiger partial charge < -0.3 is 9.73 Å². The molecule has 1 N–H and O–H groups in total. The van der Waals surface area contributed by atoms with Crippen LogP contribution in [0, 0.1) is 19.8 Å². The van der Waals surface area contributed by atoms with Gasteiger partial charge in [-0.3, -0.25) is 9.69 Å². The van der Waals surface area contributed by atoms with Crippen molar-refractivity contribution >= 4 is 34.0 Å². The van der Waals surface area contributed by atoms with Crippen LogP contribution >= 0.6 is 23.1 Å². The summed E-state index contributed by atoms with van der Waals surface area (Å²) in [5.74, 6) is 0.824. The van der Waals surface area contributed by atoms with Crippen LogP contribution < -0.4 is 5.32 Å². The lowest BCUT2D eigenvalue weighted by molar-refractivity contribution is 0.0996. The normalized spacial score (nSPS) is 15.5. The number of nitrogens with zero attached hydrogens (tertiary/aromatic N) is 1. The van der Waals surface area contributed by atoms with E-state index in [0.29, 0.717) is 11.7 Å². The zero-order valence-electron chi connectivity index (χ0n) is 21.7. The van der Waals surface area contributed by atoms with Crippen molar-refractivity contribution in [3.63, 3.8) is 0 Å².